The molecular formula is C32H34O5. The van der Waals surface area contributed by atoms with E-state index < -0.39 is 0 Å². The third kappa shape index (κ3) is 7.43. The van der Waals surface area contributed by atoms with Gasteiger partial charge in [0.1, 0.15) is 34.5 Å². The van der Waals surface area contributed by atoms with Gasteiger partial charge in [0.2, 0.25) is 0 Å². The molecule has 0 spiro atoms. The van der Waals surface area contributed by atoms with Gasteiger partial charge in [-0.25, -0.2) is 0 Å². The maximum absolute atomic E-state index is 6.28. The van der Waals surface area contributed by atoms with Crippen LogP contribution in [0, 0.1) is 0 Å². The molecule has 0 bridgehead atoms. The average molecular weight is 499 g/mol. The third-order valence-corrected chi connectivity index (χ3v) is 6.26. The molecule has 4 rings (SSSR count). The molecule has 4 aromatic carbocycles. The highest BCUT2D eigenvalue weighted by molar-refractivity contribution is 5.43. The van der Waals surface area contributed by atoms with Crippen molar-refractivity contribution in [3.8, 4) is 34.5 Å². The van der Waals surface area contributed by atoms with Crippen LogP contribution < -0.4 is 23.7 Å². The molecule has 0 saturated carbocycles. The van der Waals surface area contributed by atoms with Gasteiger partial charge in [0, 0.05) is 12.1 Å². The van der Waals surface area contributed by atoms with Crippen LogP contribution in [0.3, 0.4) is 0 Å². The van der Waals surface area contributed by atoms with Gasteiger partial charge in [-0.05, 0) is 96.5 Å². The predicted molar refractivity (Wildman–Crippen MR) is 147 cm³/mol. The van der Waals surface area contributed by atoms with Crippen LogP contribution in [0.4, 0.5) is 0 Å². The number of rotatable bonds is 12. The lowest BCUT2D eigenvalue weighted by Crippen LogP contribution is -1.96. The quantitative estimate of drug-likeness (QED) is 0.209. The van der Waals surface area contributed by atoms with E-state index >= 15 is 0 Å². The monoisotopic (exact) mass is 498 g/mol. The zero-order chi connectivity index (χ0) is 26.0. The Morgan fingerprint density at radius 1 is 0.378 bits per heavy atom. The molecule has 5 heteroatoms. The van der Waals surface area contributed by atoms with Gasteiger partial charge in [-0.1, -0.05) is 24.3 Å². The van der Waals surface area contributed by atoms with Crippen molar-refractivity contribution in [1.82, 2.24) is 0 Å². The number of hydrogen-bond acceptors (Lipinski definition) is 5. The fourth-order valence-electron chi connectivity index (χ4n) is 4.27. The highest BCUT2D eigenvalue weighted by Gasteiger charge is 2.08. The second-order valence-corrected chi connectivity index (χ2v) is 8.84. The van der Waals surface area contributed by atoms with Crippen molar-refractivity contribution < 1.29 is 23.7 Å². The van der Waals surface area contributed by atoms with Crippen LogP contribution in [0.2, 0.25) is 0 Å². The number of methoxy groups -OCH3 is 4. The number of hydrogen-bond donors (Lipinski definition) is 0. The van der Waals surface area contributed by atoms with E-state index in [1.807, 2.05) is 48.5 Å². The lowest BCUT2D eigenvalue weighted by molar-refractivity contribution is 0.393. The van der Waals surface area contributed by atoms with Crippen molar-refractivity contribution in [1.29, 1.82) is 0 Å². The second kappa shape index (κ2) is 12.7. The molecular weight excluding hydrogens is 464 g/mol. The normalized spacial score (nSPS) is 10.6. The fourth-order valence-corrected chi connectivity index (χ4v) is 4.27. The first-order valence-corrected chi connectivity index (χ1v) is 12.4. The first kappa shape index (κ1) is 26.0. The Kier molecular flexibility index (Phi) is 8.93. The van der Waals surface area contributed by atoms with E-state index in [0.717, 1.165) is 71.3 Å². The van der Waals surface area contributed by atoms with Crippen molar-refractivity contribution in [2.75, 3.05) is 28.4 Å². The average Bonchev–Trinajstić information content (AvgIpc) is 2.95. The highest BCUT2D eigenvalue weighted by atomic mass is 16.5. The summed E-state index contributed by atoms with van der Waals surface area (Å²) in [7, 11) is 6.71. The molecule has 5 nitrogen and oxygen atoms in total. The first-order chi connectivity index (χ1) is 18.1. The van der Waals surface area contributed by atoms with Gasteiger partial charge in [-0.2, -0.15) is 0 Å². The minimum absolute atomic E-state index is 0.759. The van der Waals surface area contributed by atoms with E-state index in [4.69, 9.17) is 23.7 Å². The van der Waals surface area contributed by atoms with Crippen LogP contribution >= 0.6 is 0 Å². The standard InChI is InChI=1S/C32H34O5/c1-33-27-9-5-7-23(15-27)11-14-26-19-31(36-4)22-32(20-26)37-28-10-6-8-24(16-28)12-13-25-17-29(34-2)21-30(18-25)35-3/h5-10,15-22H,11-14H2,1-4H3. The Balaban J connectivity index is 1.44. The SMILES string of the molecule is COc1cccc(CCc2cc(OC)cc(Oc3cccc(CCc4cc(OC)cc(OC)c4)c3)c2)c1. The molecule has 0 aliphatic rings. The van der Waals surface area contributed by atoms with Crippen LogP contribution in [-0.4, -0.2) is 28.4 Å². The summed E-state index contributed by atoms with van der Waals surface area (Å²) in [6, 6.07) is 28.4. The number of ether oxygens (including phenoxy) is 5. The largest absolute Gasteiger partial charge is 0.497 e. The molecule has 37 heavy (non-hydrogen) atoms. The topological polar surface area (TPSA) is 46.2 Å². The first-order valence-electron chi connectivity index (χ1n) is 12.4. The molecule has 0 fully saturated rings. The lowest BCUT2D eigenvalue weighted by Gasteiger charge is -2.12. The van der Waals surface area contributed by atoms with Gasteiger partial charge in [0.05, 0.1) is 28.4 Å². The minimum atomic E-state index is 0.759. The van der Waals surface area contributed by atoms with E-state index in [9.17, 15) is 0 Å². The Bertz CT molecular complexity index is 1290. The Labute approximate surface area is 219 Å². The molecule has 0 unspecified atom stereocenters. The molecule has 0 saturated heterocycles. The van der Waals surface area contributed by atoms with E-state index in [1.165, 1.54) is 11.1 Å². The summed E-state index contributed by atoms with van der Waals surface area (Å²) in [6.07, 6.45) is 3.50. The molecule has 0 heterocycles. The van der Waals surface area contributed by atoms with Crippen molar-refractivity contribution in [3.05, 3.63) is 107 Å². The number of aryl methyl sites for hydroxylation is 4. The van der Waals surface area contributed by atoms with E-state index in [0.29, 0.717) is 0 Å². The summed E-state index contributed by atoms with van der Waals surface area (Å²) in [5.41, 5.74) is 4.74. The summed E-state index contributed by atoms with van der Waals surface area (Å²) >= 11 is 0. The zero-order valence-electron chi connectivity index (χ0n) is 22.0. The van der Waals surface area contributed by atoms with Gasteiger partial charge in [0.15, 0.2) is 0 Å². The van der Waals surface area contributed by atoms with Crippen molar-refractivity contribution in [3.63, 3.8) is 0 Å². The summed E-state index contributed by atoms with van der Waals surface area (Å²) < 4.78 is 28.0. The van der Waals surface area contributed by atoms with Crippen molar-refractivity contribution in [2.45, 2.75) is 25.7 Å². The second-order valence-electron chi connectivity index (χ2n) is 8.84. The van der Waals surface area contributed by atoms with Crippen LogP contribution in [-0.2, 0) is 25.7 Å². The van der Waals surface area contributed by atoms with Gasteiger partial charge < -0.3 is 23.7 Å². The molecule has 0 aliphatic heterocycles. The van der Waals surface area contributed by atoms with Crippen molar-refractivity contribution in [2.24, 2.45) is 0 Å². The smallest absolute Gasteiger partial charge is 0.131 e. The molecule has 0 atom stereocenters. The zero-order valence-corrected chi connectivity index (χ0v) is 22.0. The van der Waals surface area contributed by atoms with Gasteiger partial charge >= 0.3 is 0 Å². The van der Waals surface area contributed by atoms with E-state index in [-0.39, 0.29) is 0 Å². The van der Waals surface area contributed by atoms with Gasteiger partial charge in [-0.15, -0.1) is 0 Å². The molecule has 4 aromatic rings. The van der Waals surface area contributed by atoms with Crippen molar-refractivity contribution >= 4 is 0 Å². The maximum Gasteiger partial charge on any atom is 0.131 e. The lowest BCUT2D eigenvalue weighted by atomic mass is 10.0. The van der Waals surface area contributed by atoms with E-state index in [1.54, 1.807) is 28.4 Å². The molecule has 0 radical (unpaired) electrons. The van der Waals surface area contributed by atoms with Crippen LogP contribution in [0.1, 0.15) is 22.3 Å². The van der Waals surface area contributed by atoms with Crippen LogP contribution in [0.15, 0.2) is 84.9 Å². The Hall–Kier alpha value is -4.12. The number of benzene rings is 4. The highest BCUT2D eigenvalue weighted by Crippen LogP contribution is 2.29. The summed E-state index contributed by atoms with van der Waals surface area (Å²) in [4.78, 5) is 0. The summed E-state index contributed by atoms with van der Waals surface area (Å²) in [5.74, 6) is 4.81. The molecule has 0 amide bonds. The predicted octanol–water partition coefficient (Wildman–Crippen LogP) is 7.08. The third-order valence-electron chi connectivity index (χ3n) is 6.26. The fraction of sp³-hybridized carbons (Fsp3) is 0.250. The Morgan fingerprint density at radius 2 is 0.757 bits per heavy atom. The van der Waals surface area contributed by atoms with Crippen LogP contribution in [0.25, 0.3) is 0 Å². The minimum Gasteiger partial charge on any atom is -0.497 e. The Morgan fingerprint density at radius 3 is 1.27 bits per heavy atom. The van der Waals surface area contributed by atoms with Gasteiger partial charge in [0.25, 0.3) is 0 Å². The summed E-state index contributed by atoms with van der Waals surface area (Å²) in [6.45, 7) is 0. The molecule has 0 aromatic heterocycles. The summed E-state index contributed by atoms with van der Waals surface area (Å²) in [5, 5.41) is 0. The molecule has 192 valence electrons. The van der Waals surface area contributed by atoms with Gasteiger partial charge in [-0.3, -0.25) is 0 Å². The van der Waals surface area contributed by atoms with E-state index in [2.05, 4.69) is 36.4 Å². The maximum atomic E-state index is 6.28. The molecule has 0 aliphatic carbocycles. The molecule has 0 N–H and O–H groups in total. The van der Waals surface area contributed by atoms with Crippen LogP contribution in [0.5, 0.6) is 34.5 Å².